The molecule has 0 N–H and O–H groups in total. The monoisotopic (exact) mass is 319 g/mol. The van der Waals surface area contributed by atoms with Gasteiger partial charge >= 0.3 is 0 Å². The van der Waals surface area contributed by atoms with Crippen molar-refractivity contribution >= 4 is 23.4 Å². The largest absolute Gasteiger partial charge is 0.472 e. The van der Waals surface area contributed by atoms with Gasteiger partial charge < -0.3 is 14.2 Å². The van der Waals surface area contributed by atoms with Crippen LogP contribution in [0, 0.1) is 0 Å². The molecule has 1 saturated heterocycles. The van der Waals surface area contributed by atoms with Crippen molar-refractivity contribution < 1.29 is 14.0 Å². The maximum absolute atomic E-state index is 12.3. The molecule has 2 aromatic rings. The summed E-state index contributed by atoms with van der Waals surface area (Å²) in [5.74, 6) is -0.173. The number of pyridine rings is 1. The van der Waals surface area contributed by atoms with Gasteiger partial charge in [0.1, 0.15) is 11.4 Å². The van der Waals surface area contributed by atoms with Gasteiger partial charge in [-0.2, -0.15) is 0 Å². The summed E-state index contributed by atoms with van der Waals surface area (Å²) in [5.41, 5.74) is 1.03. The predicted octanol–water partition coefficient (Wildman–Crippen LogP) is 1.93. The zero-order valence-corrected chi connectivity index (χ0v) is 12.5. The molecule has 7 heteroatoms. The van der Waals surface area contributed by atoms with Crippen LogP contribution in [0.3, 0.4) is 0 Å². The first-order valence-corrected chi connectivity index (χ1v) is 7.25. The molecule has 1 fully saturated rings. The Morgan fingerprint density at radius 1 is 1.00 bits per heavy atom. The number of nitrogens with zero attached hydrogens (tertiary/aromatic N) is 3. The normalized spacial score (nSPS) is 15.0. The number of carbonyl (C=O) groups is 2. The highest BCUT2D eigenvalue weighted by Gasteiger charge is 2.25. The van der Waals surface area contributed by atoms with Crippen LogP contribution in [0.25, 0.3) is 0 Å². The van der Waals surface area contributed by atoms with Crippen molar-refractivity contribution in [2.24, 2.45) is 0 Å². The standard InChI is InChI=1S/C15H14ClN3O3/c16-13-2-1-11(9-17-13)14(20)18-4-6-19(7-5-18)15(21)12-3-8-22-10-12/h1-3,8-10H,4-7H2. The molecule has 2 aromatic heterocycles. The number of aromatic nitrogens is 1. The van der Waals surface area contributed by atoms with Crippen LogP contribution in [0.4, 0.5) is 0 Å². The lowest BCUT2D eigenvalue weighted by Gasteiger charge is -2.34. The lowest BCUT2D eigenvalue weighted by molar-refractivity contribution is 0.0535. The molecule has 3 heterocycles. The third-order valence-electron chi connectivity index (χ3n) is 3.60. The average molecular weight is 320 g/mol. The van der Waals surface area contributed by atoms with Crippen LogP contribution in [-0.2, 0) is 0 Å². The molecule has 1 aliphatic rings. The first kappa shape index (κ1) is 14.6. The number of rotatable bonds is 2. The molecule has 0 saturated carbocycles. The van der Waals surface area contributed by atoms with Crippen LogP contribution in [0.5, 0.6) is 0 Å². The fourth-order valence-corrected chi connectivity index (χ4v) is 2.48. The number of furan rings is 1. The van der Waals surface area contributed by atoms with Gasteiger partial charge in [-0.15, -0.1) is 0 Å². The van der Waals surface area contributed by atoms with Crippen LogP contribution < -0.4 is 0 Å². The molecule has 3 rings (SSSR count). The summed E-state index contributed by atoms with van der Waals surface area (Å²) in [5, 5.41) is 0.354. The lowest BCUT2D eigenvalue weighted by Crippen LogP contribution is -2.50. The molecule has 0 aromatic carbocycles. The maximum atomic E-state index is 12.3. The number of halogens is 1. The van der Waals surface area contributed by atoms with E-state index in [1.165, 1.54) is 18.7 Å². The maximum Gasteiger partial charge on any atom is 0.257 e. The Balaban J connectivity index is 1.60. The van der Waals surface area contributed by atoms with Gasteiger partial charge in [-0.25, -0.2) is 4.98 Å². The molecule has 114 valence electrons. The quantitative estimate of drug-likeness (QED) is 0.793. The van der Waals surface area contributed by atoms with E-state index in [4.69, 9.17) is 16.0 Å². The molecule has 0 unspecified atom stereocenters. The highest BCUT2D eigenvalue weighted by atomic mass is 35.5. The van der Waals surface area contributed by atoms with E-state index < -0.39 is 0 Å². The van der Waals surface area contributed by atoms with Gasteiger partial charge in [0.05, 0.1) is 17.4 Å². The molecule has 6 nitrogen and oxygen atoms in total. The van der Waals surface area contributed by atoms with Gasteiger partial charge in [-0.05, 0) is 18.2 Å². The number of hydrogen-bond acceptors (Lipinski definition) is 4. The minimum absolute atomic E-state index is 0.0750. The van der Waals surface area contributed by atoms with Crippen LogP contribution in [0.2, 0.25) is 5.15 Å². The molecule has 0 atom stereocenters. The molecule has 22 heavy (non-hydrogen) atoms. The van der Waals surface area contributed by atoms with E-state index in [0.717, 1.165) is 0 Å². The van der Waals surface area contributed by atoms with Crippen molar-refractivity contribution in [3.63, 3.8) is 0 Å². The second kappa shape index (κ2) is 6.19. The zero-order valence-electron chi connectivity index (χ0n) is 11.7. The van der Waals surface area contributed by atoms with Gasteiger partial charge in [-0.3, -0.25) is 9.59 Å². The van der Waals surface area contributed by atoms with Crippen molar-refractivity contribution in [1.82, 2.24) is 14.8 Å². The molecular weight excluding hydrogens is 306 g/mol. The predicted molar refractivity (Wildman–Crippen MR) is 79.8 cm³/mol. The minimum Gasteiger partial charge on any atom is -0.472 e. The van der Waals surface area contributed by atoms with Gasteiger partial charge in [0.2, 0.25) is 0 Å². The Bertz CT molecular complexity index is 662. The summed E-state index contributed by atoms with van der Waals surface area (Å²) in [7, 11) is 0. The molecular formula is C15H14ClN3O3. The molecule has 0 aliphatic carbocycles. The Hall–Kier alpha value is -2.34. The van der Waals surface area contributed by atoms with E-state index in [0.29, 0.717) is 42.5 Å². The summed E-state index contributed by atoms with van der Waals surface area (Å²) in [6, 6.07) is 4.88. The first-order valence-electron chi connectivity index (χ1n) is 6.87. The third-order valence-corrected chi connectivity index (χ3v) is 3.82. The number of hydrogen-bond donors (Lipinski definition) is 0. The summed E-state index contributed by atoms with van der Waals surface area (Å²) in [6.45, 7) is 1.98. The second-order valence-corrected chi connectivity index (χ2v) is 5.35. The topological polar surface area (TPSA) is 66.7 Å². The van der Waals surface area contributed by atoms with Crippen LogP contribution >= 0.6 is 11.6 Å². The van der Waals surface area contributed by atoms with E-state index in [-0.39, 0.29) is 11.8 Å². The Morgan fingerprint density at radius 2 is 1.64 bits per heavy atom. The number of amides is 2. The summed E-state index contributed by atoms with van der Waals surface area (Å²) >= 11 is 5.72. The smallest absolute Gasteiger partial charge is 0.257 e. The highest BCUT2D eigenvalue weighted by Crippen LogP contribution is 2.13. The lowest BCUT2D eigenvalue weighted by atomic mass is 10.2. The molecule has 1 aliphatic heterocycles. The van der Waals surface area contributed by atoms with Gasteiger partial charge in [-0.1, -0.05) is 11.6 Å². The van der Waals surface area contributed by atoms with Gasteiger partial charge in [0, 0.05) is 32.4 Å². The van der Waals surface area contributed by atoms with E-state index in [9.17, 15) is 9.59 Å². The van der Waals surface area contributed by atoms with Crippen molar-refractivity contribution in [1.29, 1.82) is 0 Å². The summed E-state index contributed by atoms with van der Waals surface area (Å²) in [6.07, 6.45) is 4.37. The average Bonchev–Trinajstić information content (AvgIpc) is 3.09. The van der Waals surface area contributed by atoms with Crippen LogP contribution in [0.15, 0.2) is 41.3 Å². The van der Waals surface area contributed by atoms with Crippen LogP contribution in [-0.4, -0.2) is 52.8 Å². The summed E-state index contributed by atoms with van der Waals surface area (Å²) in [4.78, 5) is 31.9. The Kier molecular flexibility index (Phi) is 4.11. The summed E-state index contributed by atoms with van der Waals surface area (Å²) < 4.78 is 4.92. The van der Waals surface area contributed by atoms with E-state index in [1.54, 1.807) is 28.0 Å². The molecule has 2 amide bonds. The highest BCUT2D eigenvalue weighted by molar-refractivity contribution is 6.29. The Labute approximate surface area is 132 Å². The van der Waals surface area contributed by atoms with Crippen molar-refractivity contribution in [2.75, 3.05) is 26.2 Å². The van der Waals surface area contributed by atoms with E-state index in [1.807, 2.05) is 0 Å². The van der Waals surface area contributed by atoms with Gasteiger partial charge in [0.25, 0.3) is 11.8 Å². The number of piperazine rings is 1. The SMILES string of the molecule is O=C(c1ccc(Cl)nc1)N1CCN(C(=O)c2ccoc2)CC1. The van der Waals surface area contributed by atoms with Crippen molar-refractivity contribution in [3.8, 4) is 0 Å². The Morgan fingerprint density at radius 3 is 2.14 bits per heavy atom. The molecule has 0 radical (unpaired) electrons. The van der Waals surface area contributed by atoms with E-state index in [2.05, 4.69) is 4.98 Å². The third kappa shape index (κ3) is 2.96. The minimum atomic E-state index is -0.0976. The van der Waals surface area contributed by atoms with E-state index >= 15 is 0 Å². The van der Waals surface area contributed by atoms with Gasteiger partial charge in [0.15, 0.2) is 0 Å². The number of carbonyl (C=O) groups excluding carboxylic acids is 2. The van der Waals surface area contributed by atoms with Crippen molar-refractivity contribution in [2.45, 2.75) is 0 Å². The second-order valence-electron chi connectivity index (χ2n) is 4.97. The van der Waals surface area contributed by atoms with Crippen molar-refractivity contribution in [3.05, 3.63) is 53.2 Å². The molecule has 0 bridgehead atoms. The zero-order chi connectivity index (χ0) is 15.5. The fraction of sp³-hybridized carbons (Fsp3) is 0.267. The fourth-order valence-electron chi connectivity index (χ4n) is 2.37. The molecule has 0 spiro atoms. The van der Waals surface area contributed by atoms with Crippen LogP contribution in [0.1, 0.15) is 20.7 Å². The first-order chi connectivity index (χ1) is 10.6.